The fourth-order valence-corrected chi connectivity index (χ4v) is 7.13. The molecule has 0 aliphatic carbocycles. The fraction of sp³-hybridized carbons (Fsp3) is 0.750. The largest absolute Gasteiger partial charge is 0.463 e. The molecular formula is C40H55ClO26. The van der Waals surface area contributed by atoms with E-state index < -0.39 is 172 Å². The van der Waals surface area contributed by atoms with Crippen LogP contribution in [0.2, 0.25) is 0 Å². The lowest BCUT2D eigenvalue weighted by Gasteiger charge is -2.50. The second-order valence-corrected chi connectivity index (χ2v) is 15.2. The zero-order valence-electron chi connectivity index (χ0n) is 38.2. The zero-order valence-corrected chi connectivity index (χ0v) is 38.9. The summed E-state index contributed by atoms with van der Waals surface area (Å²) >= 11 is 5.98. The normalized spacial score (nSPS) is 31.4. The Morgan fingerprint density at radius 1 is 0.343 bits per heavy atom. The van der Waals surface area contributed by atoms with Crippen molar-refractivity contribution < 1.29 is 124 Å². The average molecular weight is 987 g/mol. The van der Waals surface area contributed by atoms with Crippen LogP contribution in [0.3, 0.4) is 0 Å². The quantitative estimate of drug-likeness (QED) is 0.0835. The van der Waals surface area contributed by atoms with Crippen LogP contribution in [0, 0.1) is 0 Å². The van der Waals surface area contributed by atoms with Gasteiger partial charge in [0.15, 0.2) is 73.8 Å². The number of hydrogen-bond acceptors (Lipinski definition) is 26. The summed E-state index contributed by atoms with van der Waals surface area (Å²) in [5, 5.41) is 0. The predicted molar refractivity (Wildman–Crippen MR) is 211 cm³/mol. The van der Waals surface area contributed by atoms with Gasteiger partial charge in [0.2, 0.25) is 0 Å². The first kappa shape index (κ1) is 56.1. The first-order chi connectivity index (χ1) is 31.4. The maximum atomic E-state index is 13.0. The van der Waals surface area contributed by atoms with Crippen LogP contribution in [-0.4, -0.2) is 184 Å². The average Bonchev–Trinajstić information content (AvgIpc) is 3.19. The molecule has 0 spiro atoms. The molecule has 0 bridgehead atoms. The monoisotopic (exact) mass is 986 g/mol. The Morgan fingerprint density at radius 2 is 0.597 bits per heavy atom. The Bertz CT molecular complexity index is 1790. The summed E-state index contributed by atoms with van der Waals surface area (Å²) in [6, 6.07) is 0. The summed E-state index contributed by atoms with van der Waals surface area (Å²) in [4.78, 5) is 125. The minimum atomic E-state index is -2.08. The summed E-state index contributed by atoms with van der Waals surface area (Å²) in [6.45, 7) is 7.74. The molecule has 378 valence electrons. The van der Waals surface area contributed by atoms with Crippen molar-refractivity contribution in [3.05, 3.63) is 0 Å². The van der Waals surface area contributed by atoms with Gasteiger partial charge in [-0.2, -0.15) is 0 Å². The zero-order chi connectivity index (χ0) is 50.3. The number of carbonyl (C=O) groups is 10. The second kappa shape index (κ2) is 26.3. The second-order valence-electron chi connectivity index (χ2n) is 14.8. The molecule has 3 saturated heterocycles. The smallest absolute Gasteiger partial charge is 0.303 e. The van der Waals surface area contributed by atoms with E-state index in [1.807, 2.05) is 0 Å². The molecule has 3 fully saturated rings. The van der Waals surface area contributed by atoms with E-state index in [4.69, 9.17) is 87.4 Å². The molecule has 0 aromatic heterocycles. The van der Waals surface area contributed by atoms with Crippen LogP contribution in [0.1, 0.15) is 69.2 Å². The van der Waals surface area contributed by atoms with Crippen molar-refractivity contribution in [3.63, 3.8) is 0 Å². The molecule has 3 heterocycles. The van der Waals surface area contributed by atoms with Gasteiger partial charge in [-0.1, -0.05) is 0 Å². The van der Waals surface area contributed by atoms with Gasteiger partial charge < -0.3 is 75.8 Å². The Balaban J connectivity index is 2.39. The van der Waals surface area contributed by atoms with Crippen molar-refractivity contribution in [2.24, 2.45) is 0 Å². The van der Waals surface area contributed by atoms with Gasteiger partial charge >= 0.3 is 59.7 Å². The van der Waals surface area contributed by atoms with Crippen LogP contribution in [0.5, 0.6) is 0 Å². The van der Waals surface area contributed by atoms with Gasteiger partial charge in [0.05, 0.1) is 6.61 Å². The lowest BCUT2D eigenvalue weighted by molar-refractivity contribution is -0.393. The van der Waals surface area contributed by atoms with E-state index in [1.165, 1.54) is 0 Å². The van der Waals surface area contributed by atoms with Gasteiger partial charge in [0.25, 0.3) is 0 Å². The van der Waals surface area contributed by atoms with E-state index in [9.17, 15) is 47.9 Å². The van der Waals surface area contributed by atoms with E-state index in [-0.39, 0.29) is 12.5 Å². The van der Waals surface area contributed by atoms with Crippen LogP contribution < -0.4 is 0 Å². The molecule has 0 radical (unpaired) electrons. The minimum absolute atomic E-state index is 0.162. The number of ether oxygens (including phenoxy) is 16. The van der Waals surface area contributed by atoms with Crippen LogP contribution >= 0.6 is 11.6 Å². The first-order valence-corrected chi connectivity index (χ1v) is 21.0. The van der Waals surface area contributed by atoms with Crippen LogP contribution in [-0.2, 0) is 124 Å². The fourth-order valence-electron chi connectivity index (χ4n) is 7.04. The van der Waals surface area contributed by atoms with Gasteiger partial charge in [-0.05, 0) is 0 Å². The molecule has 0 amide bonds. The highest BCUT2D eigenvalue weighted by Gasteiger charge is 2.60. The van der Waals surface area contributed by atoms with Gasteiger partial charge in [-0.15, -0.1) is 11.6 Å². The summed E-state index contributed by atoms with van der Waals surface area (Å²) < 4.78 is 92.0. The number of carbonyl (C=O) groups excluding carboxylic acids is 10. The van der Waals surface area contributed by atoms with Crippen molar-refractivity contribution in [1.29, 1.82) is 0 Å². The third-order valence-electron chi connectivity index (χ3n) is 9.18. The highest BCUT2D eigenvalue weighted by molar-refractivity contribution is 6.17. The Labute approximate surface area is 388 Å². The van der Waals surface area contributed by atoms with Crippen molar-refractivity contribution in [2.75, 3.05) is 32.3 Å². The number of esters is 10. The molecule has 3 aliphatic rings. The molecular weight excluding hydrogens is 932 g/mol. The van der Waals surface area contributed by atoms with E-state index in [1.54, 1.807) is 0 Å². The maximum absolute atomic E-state index is 13.0. The van der Waals surface area contributed by atoms with Crippen LogP contribution in [0.25, 0.3) is 0 Å². The first-order valence-electron chi connectivity index (χ1n) is 20.5. The van der Waals surface area contributed by atoms with Crippen molar-refractivity contribution in [3.8, 4) is 0 Å². The van der Waals surface area contributed by atoms with Crippen molar-refractivity contribution in [2.45, 2.75) is 161 Å². The summed E-state index contributed by atoms with van der Waals surface area (Å²) in [6.07, 6.45) is -26.7. The summed E-state index contributed by atoms with van der Waals surface area (Å²) in [7, 11) is 0. The molecule has 0 saturated carbocycles. The number of halogens is 1. The SMILES string of the molecule is CC(=O)OC[C@H]1O[C@H](O[C@@H]2[C@@H](O[C@@H]3[C@@H](OCCCl)O[C@H](COC(C)=O)[C@@H](OC(C)=O)[C@@H]3OC(C)=O)O[C@H](COC(C)=O)[C@@H](OC(C)=O)[C@@H]2OC(C)=O)[C@@H](OC(C)=O)[C@@H](OC(C)=O)[C@@H]1OC(C)=O. The predicted octanol–water partition coefficient (Wildman–Crippen LogP) is -0.602. The molecule has 0 N–H and O–H groups in total. The van der Waals surface area contributed by atoms with Gasteiger partial charge in [-0.25, -0.2) is 0 Å². The number of hydrogen-bond donors (Lipinski definition) is 0. The standard InChI is InChI=1S/C40H55ClO26/c1-16(42)53-13-26-29(56-19(4)45)32(59-22(7)48)35(38(63-26)52-12-11-41)66-40-37(34(61-24(9)50)31(58-21(6)47)28(65-40)15-55-18(3)44)67-39-36(62-25(10)51)33(60-23(8)49)30(57-20(5)46)27(64-39)14-54-17(2)43/h26-40H,11-15H2,1-10H3/t26-,27-,28-,29-,30-,31-,32+,33+,34+,35+,36+,37+,38+,39-,40-/m1/s1. The molecule has 3 aliphatic heterocycles. The lowest BCUT2D eigenvalue weighted by Crippen LogP contribution is -2.69. The third kappa shape index (κ3) is 17.4. The van der Waals surface area contributed by atoms with Gasteiger partial charge in [-0.3, -0.25) is 47.9 Å². The van der Waals surface area contributed by atoms with E-state index in [0.717, 1.165) is 69.2 Å². The topological polar surface area (TPSA) is 318 Å². The molecule has 26 nitrogen and oxygen atoms in total. The molecule has 0 aromatic rings. The van der Waals surface area contributed by atoms with Crippen molar-refractivity contribution >= 4 is 71.3 Å². The van der Waals surface area contributed by atoms with Gasteiger partial charge in [0.1, 0.15) is 38.1 Å². The number of rotatable bonds is 20. The Morgan fingerprint density at radius 3 is 0.896 bits per heavy atom. The molecule has 0 aromatic carbocycles. The minimum Gasteiger partial charge on any atom is -0.463 e. The van der Waals surface area contributed by atoms with E-state index in [0.29, 0.717) is 0 Å². The highest BCUT2D eigenvalue weighted by Crippen LogP contribution is 2.38. The lowest BCUT2D eigenvalue weighted by atomic mass is 9.95. The van der Waals surface area contributed by atoms with E-state index >= 15 is 0 Å². The summed E-state index contributed by atoms with van der Waals surface area (Å²) in [5.74, 6) is -9.56. The molecule has 15 atom stereocenters. The van der Waals surface area contributed by atoms with E-state index in [2.05, 4.69) is 0 Å². The molecule has 67 heavy (non-hydrogen) atoms. The van der Waals surface area contributed by atoms with Crippen LogP contribution in [0.4, 0.5) is 0 Å². The van der Waals surface area contributed by atoms with Gasteiger partial charge in [0, 0.05) is 75.1 Å². The molecule has 0 unspecified atom stereocenters. The maximum Gasteiger partial charge on any atom is 0.303 e. The Kier molecular flexibility index (Phi) is 22.0. The highest BCUT2D eigenvalue weighted by atomic mass is 35.5. The van der Waals surface area contributed by atoms with Crippen molar-refractivity contribution in [1.82, 2.24) is 0 Å². The van der Waals surface area contributed by atoms with Crippen LogP contribution in [0.15, 0.2) is 0 Å². The summed E-state index contributed by atoms with van der Waals surface area (Å²) in [5.41, 5.74) is 0. The molecule has 27 heteroatoms. The number of alkyl halides is 1. The Hall–Kier alpha value is -5.25. The molecule has 3 rings (SSSR count). The third-order valence-corrected chi connectivity index (χ3v) is 9.34.